The van der Waals surface area contributed by atoms with Crippen LogP contribution in [0.4, 0.5) is 0 Å². The first-order valence-corrected chi connectivity index (χ1v) is 9.42. The average Bonchev–Trinajstić information content (AvgIpc) is 3.37. The van der Waals surface area contributed by atoms with Crippen LogP contribution in [0.3, 0.4) is 0 Å². The topological polar surface area (TPSA) is 84.9 Å². The molecule has 1 unspecified atom stereocenters. The van der Waals surface area contributed by atoms with Gasteiger partial charge in [0.2, 0.25) is 5.91 Å². The minimum absolute atomic E-state index is 0.0278. The van der Waals surface area contributed by atoms with Crippen LogP contribution in [0.15, 0.2) is 24.3 Å². The van der Waals surface area contributed by atoms with E-state index >= 15 is 0 Å². The number of carbonyl (C=O) groups is 2. The van der Waals surface area contributed by atoms with Gasteiger partial charge in [0.15, 0.2) is 0 Å². The van der Waals surface area contributed by atoms with Crippen molar-refractivity contribution in [3.8, 4) is 5.75 Å². The highest BCUT2D eigenvalue weighted by molar-refractivity contribution is 5.85. The Morgan fingerprint density at radius 1 is 1.23 bits per heavy atom. The Hall–Kier alpha value is -2.08. The van der Waals surface area contributed by atoms with E-state index in [0.717, 1.165) is 37.0 Å². The molecule has 3 aliphatic rings. The van der Waals surface area contributed by atoms with Gasteiger partial charge in [-0.2, -0.15) is 0 Å². The van der Waals surface area contributed by atoms with Gasteiger partial charge in [-0.05, 0) is 37.7 Å². The second-order valence-electron chi connectivity index (χ2n) is 7.65. The summed E-state index contributed by atoms with van der Waals surface area (Å²) in [4.78, 5) is 24.4. The lowest BCUT2D eigenvalue weighted by atomic mass is 9.85. The Kier molecular flexibility index (Phi) is 4.61. The number of amides is 1. The van der Waals surface area contributed by atoms with E-state index in [1.807, 2.05) is 24.3 Å². The molecule has 1 aromatic carbocycles. The smallest absolute Gasteiger partial charge is 0.308 e. The zero-order valence-electron chi connectivity index (χ0n) is 14.8. The number of fused-ring (bicyclic) bond motifs is 2. The molecule has 4 rings (SSSR count). The summed E-state index contributed by atoms with van der Waals surface area (Å²) in [7, 11) is 0. The minimum atomic E-state index is -0.834. The Balaban J connectivity index is 1.40. The lowest BCUT2D eigenvalue weighted by molar-refractivity contribution is -0.145. The van der Waals surface area contributed by atoms with Crippen molar-refractivity contribution in [2.75, 3.05) is 26.4 Å². The highest BCUT2D eigenvalue weighted by atomic mass is 16.5. The Morgan fingerprint density at radius 3 is 2.77 bits per heavy atom. The number of hydrogen-bond donors (Lipinski definition) is 2. The summed E-state index contributed by atoms with van der Waals surface area (Å²) in [5, 5.41) is 12.5. The molecule has 1 amide bonds. The van der Waals surface area contributed by atoms with Crippen molar-refractivity contribution in [2.45, 2.75) is 31.1 Å². The maximum atomic E-state index is 12.7. The normalized spacial score (nSPS) is 28.7. The molecule has 1 spiro atoms. The van der Waals surface area contributed by atoms with Crippen molar-refractivity contribution in [3.63, 3.8) is 0 Å². The van der Waals surface area contributed by atoms with Gasteiger partial charge >= 0.3 is 5.97 Å². The van der Waals surface area contributed by atoms with E-state index in [1.165, 1.54) is 0 Å². The van der Waals surface area contributed by atoms with Gasteiger partial charge in [0.1, 0.15) is 5.75 Å². The largest absolute Gasteiger partial charge is 0.493 e. The predicted molar refractivity (Wildman–Crippen MR) is 94.0 cm³/mol. The van der Waals surface area contributed by atoms with Crippen molar-refractivity contribution in [3.05, 3.63) is 29.8 Å². The SMILES string of the molecule is O=C(O)C(CNC(=O)[C@@H]1C[C@]12CCOc1ccccc12)C1CCOCC1. The molecule has 2 N–H and O–H groups in total. The third kappa shape index (κ3) is 3.07. The van der Waals surface area contributed by atoms with Crippen LogP contribution in [0.5, 0.6) is 5.75 Å². The number of nitrogens with one attached hydrogen (secondary N) is 1. The number of aliphatic carboxylic acids is 1. The molecular weight excluding hydrogens is 334 g/mol. The second-order valence-corrected chi connectivity index (χ2v) is 7.65. The molecule has 0 radical (unpaired) electrons. The molecular formula is C20H25NO5. The van der Waals surface area contributed by atoms with E-state index in [2.05, 4.69) is 5.32 Å². The van der Waals surface area contributed by atoms with Gasteiger partial charge in [-0.3, -0.25) is 9.59 Å². The number of carboxylic acids is 1. The van der Waals surface area contributed by atoms with Crippen LogP contribution in [0.1, 0.15) is 31.2 Å². The molecule has 2 fully saturated rings. The summed E-state index contributed by atoms with van der Waals surface area (Å²) in [6, 6.07) is 7.92. The molecule has 140 valence electrons. The molecule has 6 nitrogen and oxygen atoms in total. The van der Waals surface area contributed by atoms with Crippen LogP contribution in [-0.4, -0.2) is 43.3 Å². The Morgan fingerprint density at radius 2 is 2.00 bits per heavy atom. The van der Waals surface area contributed by atoms with Crippen LogP contribution < -0.4 is 10.1 Å². The quantitative estimate of drug-likeness (QED) is 0.840. The van der Waals surface area contributed by atoms with Gasteiger partial charge < -0.3 is 19.9 Å². The van der Waals surface area contributed by atoms with Crippen molar-refractivity contribution in [2.24, 2.45) is 17.8 Å². The van der Waals surface area contributed by atoms with E-state index < -0.39 is 11.9 Å². The van der Waals surface area contributed by atoms with Crippen LogP contribution >= 0.6 is 0 Å². The van der Waals surface area contributed by atoms with E-state index in [4.69, 9.17) is 9.47 Å². The molecule has 3 atom stereocenters. The fourth-order valence-electron chi connectivity index (χ4n) is 4.61. The number of para-hydroxylation sites is 1. The predicted octanol–water partition coefficient (Wildman–Crippen LogP) is 1.97. The number of hydrogen-bond acceptors (Lipinski definition) is 4. The molecule has 2 aliphatic heterocycles. The van der Waals surface area contributed by atoms with E-state index in [0.29, 0.717) is 19.8 Å². The number of ether oxygens (including phenoxy) is 2. The van der Waals surface area contributed by atoms with Crippen LogP contribution in [0.25, 0.3) is 0 Å². The lowest BCUT2D eigenvalue weighted by Gasteiger charge is -2.28. The van der Waals surface area contributed by atoms with Crippen LogP contribution in [0, 0.1) is 17.8 Å². The maximum absolute atomic E-state index is 12.7. The first kappa shape index (κ1) is 17.3. The summed E-state index contributed by atoms with van der Waals surface area (Å²) in [5.74, 6) is -0.548. The first-order chi connectivity index (χ1) is 12.6. The monoisotopic (exact) mass is 359 g/mol. The highest BCUT2D eigenvalue weighted by Gasteiger charge is 2.61. The van der Waals surface area contributed by atoms with E-state index in [-0.39, 0.29) is 29.7 Å². The Labute approximate surface area is 152 Å². The van der Waals surface area contributed by atoms with Gasteiger partial charge in [0.25, 0.3) is 0 Å². The fraction of sp³-hybridized carbons (Fsp3) is 0.600. The summed E-state index contributed by atoms with van der Waals surface area (Å²) < 4.78 is 11.0. The van der Waals surface area contributed by atoms with Gasteiger partial charge in [-0.15, -0.1) is 0 Å². The molecule has 1 aliphatic carbocycles. The van der Waals surface area contributed by atoms with Crippen LogP contribution in [-0.2, 0) is 19.7 Å². The summed E-state index contributed by atoms with van der Waals surface area (Å²) in [6.45, 7) is 2.03. The zero-order chi connectivity index (χ0) is 18.1. The number of benzene rings is 1. The Bertz CT molecular complexity index is 699. The van der Waals surface area contributed by atoms with Crippen molar-refractivity contribution in [1.29, 1.82) is 0 Å². The zero-order valence-corrected chi connectivity index (χ0v) is 14.8. The lowest BCUT2D eigenvalue weighted by Crippen LogP contribution is -2.40. The van der Waals surface area contributed by atoms with Gasteiger partial charge in [0, 0.05) is 36.7 Å². The molecule has 1 saturated heterocycles. The third-order valence-electron chi connectivity index (χ3n) is 6.27. The molecule has 6 heteroatoms. The third-order valence-corrected chi connectivity index (χ3v) is 6.27. The molecule has 0 bridgehead atoms. The molecule has 1 aromatic rings. The number of carbonyl (C=O) groups excluding carboxylic acids is 1. The molecule has 2 heterocycles. The first-order valence-electron chi connectivity index (χ1n) is 9.42. The number of carboxylic acid groups (broad SMARTS) is 1. The van der Waals surface area contributed by atoms with E-state index in [9.17, 15) is 14.7 Å². The maximum Gasteiger partial charge on any atom is 0.308 e. The summed E-state index contributed by atoms with van der Waals surface area (Å²) in [6.07, 6.45) is 3.13. The van der Waals surface area contributed by atoms with Gasteiger partial charge in [-0.1, -0.05) is 18.2 Å². The number of rotatable bonds is 5. The molecule has 0 aromatic heterocycles. The van der Waals surface area contributed by atoms with Gasteiger partial charge in [-0.25, -0.2) is 0 Å². The van der Waals surface area contributed by atoms with Crippen molar-refractivity contribution in [1.82, 2.24) is 5.32 Å². The summed E-state index contributed by atoms with van der Waals surface area (Å²) >= 11 is 0. The van der Waals surface area contributed by atoms with Crippen LogP contribution in [0.2, 0.25) is 0 Å². The molecule has 26 heavy (non-hydrogen) atoms. The van der Waals surface area contributed by atoms with Gasteiger partial charge in [0.05, 0.1) is 12.5 Å². The van der Waals surface area contributed by atoms with Crippen molar-refractivity contribution < 1.29 is 24.2 Å². The van der Waals surface area contributed by atoms with E-state index in [1.54, 1.807) is 0 Å². The standard InChI is InChI=1S/C20H25NO5/c22-18(21-12-14(19(23)24)13-5-8-25-9-6-13)16-11-20(16)7-10-26-17-4-2-1-3-15(17)20/h1-4,13-14,16H,5-12H2,(H,21,22)(H,23,24)/t14?,16-,20-/m0/s1. The minimum Gasteiger partial charge on any atom is -0.493 e. The molecule has 1 saturated carbocycles. The van der Waals surface area contributed by atoms with Crippen molar-refractivity contribution >= 4 is 11.9 Å². The average molecular weight is 359 g/mol. The highest BCUT2D eigenvalue weighted by Crippen LogP contribution is 2.60. The summed E-state index contributed by atoms with van der Waals surface area (Å²) in [5.41, 5.74) is 0.988. The fourth-order valence-corrected chi connectivity index (χ4v) is 4.61. The second kappa shape index (κ2) is 6.91.